The number of benzene rings is 4. The SMILES string of the molecule is CCOc1cc(/C=C2\SC(=O)N(CCOc3cccc4ccccc34)C2=O)cc(I)c1OS(=O)(=O)c1ccccc1. The zero-order valence-corrected chi connectivity index (χ0v) is 25.6. The first kappa shape index (κ1) is 29.0. The predicted molar refractivity (Wildman–Crippen MR) is 167 cm³/mol. The third kappa shape index (κ3) is 6.52. The van der Waals surface area contributed by atoms with Crippen molar-refractivity contribution >= 4 is 72.5 Å². The molecule has 0 aromatic heterocycles. The monoisotopic (exact) mass is 701 g/mol. The summed E-state index contributed by atoms with van der Waals surface area (Å²) < 4.78 is 43.2. The Balaban J connectivity index is 1.32. The van der Waals surface area contributed by atoms with Crippen molar-refractivity contribution < 1.29 is 31.7 Å². The highest BCUT2D eigenvalue weighted by molar-refractivity contribution is 14.1. The van der Waals surface area contributed by atoms with Crippen molar-refractivity contribution in [2.75, 3.05) is 19.8 Å². The van der Waals surface area contributed by atoms with Gasteiger partial charge in [-0.15, -0.1) is 0 Å². The summed E-state index contributed by atoms with van der Waals surface area (Å²) in [5.41, 5.74) is 0.555. The fraction of sp³-hybridized carbons (Fsp3) is 0.133. The molecule has 4 aromatic carbocycles. The van der Waals surface area contributed by atoms with Crippen LogP contribution < -0.4 is 13.7 Å². The maximum Gasteiger partial charge on any atom is 0.339 e. The minimum absolute atomic E-state index is 0.0143. The van der Waals surface area contributed by atoms with Crippen molar-refractivity contribution in [2.45, 2.75) is 11.8 Å². The van der Waals surface area contributed by atoms with E-state index in [1.807, 2.05) is 65.1 Å². The van der Waals surface area contributed by atoms with Crippen molar-refractivity contribution in [1.82, 2.24) is 4.90 Å². The van der Waals surface area contributed by atoms with Gasteiger partial charge in [0.2, 0.25) is 0 Å². The number of hydrogen-bond acceptors (Lipinski definition) is 8. The summed E-state index contributed by atoms with van der Waals surface area (Å²) in [5, 5.41) is 1.60. The van der Waals surface area contributed by atoms with Gasteiger partial charge < -0.3 is 13.7 Å². The van der Waals surface area contributed by atoms with Crippen molar-refractivity contribution in [2.24, 2.45) is 0 Å². The van der Waals surface area contributed by atoms with Gasteiger partial charge in [0.25, 0.3) is 11.1 Å². The van der Waals surface area contributed by atoms with Gasteiger partial charge in [0, 0.05) is 5.39 Å². The second-order valence-corrected chi connectivity index (χ2v) is 12.5. The van der Waals surface area contributed by atoms with Gasteiger partial charge in [-0.1, -0.05) is 54.6 Å². The molecule has 4 aromatic rings. The topological polar surface area (TPSA) is 99.2 Å². The van der Waals surface area contributed by atoms with E-state index in [-0.39, 0.29) is 41.1 Å². The lowest BCUT2D eigenvalue weighted by molar-refractivity contribution is -0.123. The molecule has 0 N–H and O–H groups in total. The van der Waals surface area contributed by atoms with E-state index < -0.39 is 21.3 Å². The van der Waals surface area contributed by atoms with Crippen LogP contribution in [-0.2, 0) is 14.9 Å². The molecule has 210 valence electrons. The summed E-state index contributed by atoms with van der Waals surface area (Å²) in [6.45, 7) is 2.26. The summed E-state index contributed by atoms with van der Waals surface area (Å²) in [4.78, 5) is 27.2. The van der Waals surface area contributed by atoms with Crippen LogP contribution in [0.1, 0.15) is 12.5 Å². The normalized spacial score (nSPS) is 14.6. The molecule has 11 heteroatoms. The molecule has 0 atom stereocenters. The van der Waals surface area contributed by atoms with E-state index in [4.69, 9.17) is 13.7 Å². The van der Waals surface area contributed by atoms with Gasteiger partial charge in [0.05, 0.1) is 21.6 Å². The van der Waals surface area contributed by atoms with Crippen LogP contribution in [0, 0.1) is 3.57 Å². The van der Waals surface area contributed by atoms with Gasteiger partial charge in [-0.2, -0.15) is 8.42 Å². The van der Waals surface area contributed by atoms with Crippen LogP contribution >= 0.6 is 34.4 Å². The highest BCUT2D eigenvalue weighted by Gasteiger charge is 2.35. The van der Waals surface area contributed by atoms with Crippen LogP contribution in [0.25, 0.3) is 16.8 Å². The molecule has 1 aliphatic rings. The minimum atomic E-state index is -4.10. The predicted octanol–water partition coefficient (Wildman–Crippen LogP) is 6.73. The molecule has 1 fully saturated rings. The molecule has 1 aliphatic heterocycles. The summed E-state index contributed by atoms with van der Waals surface area (Å²) in [7, 11) is -4.10. The maximum absolute atomic E-state index is 13.1. The number of halogens is 1. The van der Waals surface area contributed by atoms with Crippen LogP contribution in [0.5, 0.6) is 17.2 Å². The average molecular weight is 702 g/mol. The number of ether oxygens (including phenoxy) is 2. The Morgan fingerprint density at radius 1 is 0.902 bits per heavy atom. The van der Waals surface area contributed by atoms with Crippen molar-refractivity contribution in [1.29, 1.82) is 0 Å². The molecule has 0 bridgehead atoms. The standard InChI is InChI=1S/C30H24INO7S2/c1-2-37-26-18-20(17-24(31)28(26)39-41(35,36)22-11-4-3-5-12-22)19-27-29(33)32(30(34)40-27)15-16-38-25-14-8-10-21-9-6-7-13-23(21)25/h3-14,17-19H,2,15-16H2,1H3/b27-19-. The fourth-order valence-electron chi connectivity index (χ4n) is 4.17. The van der Waals surface area contributed by atoms with Gasteiger partial charge >= 0.3 is 10.1 Å². The zero-order chi connectivity index (χ0) is 29.0. The van der Waals surface area contributed by atoms with E-state index in [2.05, 4.69) is 0 Å². The minimum Gasteiger partial charge on any atom is -0.491 e. The number of amides is 2. The number of carbonyl (C=O) groups is 2. The first-order valence-corrected chi connectivity index (χ1v) is 15.9. The lowest BCUT2D eigenvalue weighted by Gasteiger charge is -2.15. The van der Waals surface area contributed by atoms with Gasteiger partial charge in [-0.25, -0.2) is 0 Å². The number of fused-ring (bicyclic) bond motifs is 1. The third-order valence-electron chi connectivity index (χ3n) is 6.05. The Kier molecular flexibility index (Phi) is 8.85. The van der Waals surface area contributed by atoms with Crippen LogP contribution in [0.2, 0.25) is 0 Å². The second kappa shape index (κ2) is 12.5. The molecule has 0 radical (unpaired) electrons. The van der Waals surface area contributed by atoms with E-state index in [1.165, 1.54) is 12.1 Å². The smallest absolute Gasteiger partial charge is 0.339 e. The number of rotatable bonds is 10. The Bertz CT molecular complexity index is 1750. The summed E-state index contributed by atoms with van der Waals surface area (Å²) in [6, 6.07) is 24.6. The maximum atomic E-state index is 13.1. The lowest BCUT2D eigenvalue weighted by atomic mass is 10.1. The van der Waals surface area contributed by atoms with E-state index in [0.29, 0.717) is 14.9 Å². The Morgan fingerprint density at radius 2 is 1.63 bits per heavy atom. The average Bonchev–Trinajstić information content (AvgIpc) is 3.23. The van der Waals surface area contributed by atoms with Crippen molar-refractivity contribution in [3.8, 4) is 17.2 Å². The number of nitrogens with zero attached hydrogens (tertiary/aromatic N) is 1. The first-order chi connectivity index (χ1) is 19.8. The molecule has 0 saturated carbocycles. The molecule has 41 heavy (non-hydrogen) atoms. The molecular weight excluding hydrogens is 677 g/mol. The number of imide groups is 1. The summed E-state index contributed by atoms with van der Waals surface area (Å²) in [5.74, 6) is 0.502. The lowest BCUT2D eigenvalue weighted by Crippen LogP contribution is -2.32. The van der Waals surface area contributed by atoms with Crippen LogP contribution in [0.15, 0.2) is 94.7 Å². The fourth-order valence-corrected chi connectivity index (χ4v) is 6.90. The number of carbonyl (C=O) groups excluding carboxylic acids is 2. The molecule has 5 rings (SSSR count). The molecule has 2 amide bonds. The molecule has 1 saturated heterocycles. The van der Waals surface area contributed by atoms with Crippen molar-refractivity contribution in [3.05, 3.63) is 99.0 Å². The van der Waals surface area contributed by atoms with E-state index >= 15 is 0 Å². The Labute approximate surface area is 255 Å². The molecule has 0 spiro atoms. The molecule has 1 heterocycles. The highest BCUT2D eigenvalue weighted by atomic mass is 127. The Morgan fingerprint density at radius 3 is 2.41 bits per heavy atom. The number of thioether (sulfide) groups is 1. The summed E-state index contributed by atoms with van der Waals surface area (Å²) >= 11 is 2.79. The quantitative estimate of drug-likeness (QED) is 0.102. The third-order valence-corrected chi connectivity index (χ3v) is 8.99. The molecule has 0 unspecified atom stereocenters. The van der Waals surface area contributed by atoms with Crippen LogP contribution in [0.3, 0.4) is 0 Å². The Hall–Kier alpha value is -3.55. The molecular formula is C30H24INO7S2. The van der Waals surface area contributed by atoms with E-state index in [9.17, 15) is 18.0 Å². The van der Waals surface area contributed by atoms with Crippen LogP contribution in [-0.4, -0.2) is 44.2 Å². The summed E-state index contributed by atoms with van der Waals surface area (Å²) in [6.07, 6.45) is 1.58. The highest BCUT2D eigenvalue weighted by Crippen LogP contribution is 2.39. The van der Waals surface area contributed by atoms with Gasteiger partial charge in [-0.3, -0.25) is 14.5 Å². The van der Waals surface area contributed by atoms with Crippen LogP contribution in [0.4, 0.5) is 4.79 Å². The van der Waals surface area contributed by atoms with Gasteiger partial charge in [0.15, 0.2) is 11.5 Å². The van der Waals surface area contributed by atoms with Gasteiger partial charge in [0.1, 0.15) is 17.3 Å². The van der Waals surface area contributed by atoms with Gasteiger partial charge in [-0.05, 0) is 88.6 Å². The first-order valence-electron chi connectivity index (χ1n) is 12.6. The second-order valence-electron chi connectivity index (χ2n) is 8.77. The van der Waals surface area contributed by atoms with E-state index in [1.54, 1.807) is 43.3 Å². The number of hydrogen-bond donors (Lipinski definition) is 0. The largest absolute Gasteiger partial charge is 0.491 e. The molecule has 0 aliphatic carbocycles. The molecule has 8 nitrogen and oxygen atoms in total. The zero-order valence-electron chi connectivity index (χ0n) is 21.8. The van der Waals surface area contributed by atoms with Crippen molar-refractivity contribution in [3.63, 3.8) is 0 Å². The van der Waals surface area contributed by atoms with E-state index in [0.717, 1.165) is 27.4 Å².